The highest BCUT2D eigenvalue weighted by Crippen LogP contribution is 2.33. The summed E-state index contributed by atoms with van der Waals surface area (Å²) < 4.78 is 5.50. The Morgan fingerprint density at radius 3 is 2.37 bits per heavy atom. The summed E-state index contributed by atoms with van der Waals surface area (Å²) >= 11 is 1.85. The molecule has 104 valence electrons. The molecular formula is C17H24OS. The lowest BCUT2D eigenvalue weighted by Gasteiger charge is -2.01. The molecule has 1 aromatic carbocycles. The second-order valence-corrected chi connectivity index (χ2v) is 5.12. The van der Waals surface area contributed by atoms with E-state index in [1.165, 1.54) is 20.9 Å². The van der Waals surface area contributed by atoms with Gasteiger partial charge in [-0.2, -0.15) is 0 Å². The van der Waals surface area contributed by atoms with Crippen molar-refractivity contribution in [2.45, 2.75) is 41.0 Å². The third-order valence-electron chi connectivity index (χ3n) is 2.71. The van der Waals surface area contributed by atoms with Crippen LogP contribution in [0, 0.1) is 6.92 Å². The molecule has 3 rings (SSSR count). The highest BCUT2D eigenvalue weighted by molar-refractivity contribution is 7.15. The molecule has 2 aromatic rings. The van der Waals surface area contributed by atoms with Crippen LogP contribution >= 0.6 is 11.3 Å². The molecule has 0 bridgehead atoms. The SMILES string of the molecule is CC.CC.Cc1ccc(-c2ccc3c(c2)CCO3)s1. The van der Waals surface area contributed by atoms with Gasteiger partial charge in [-0.3, -0.25) is 0 Å². The van der Waals surface area contributed by atoms with Crippen LogP contribution < -0.4 is 4.74 Å². The first-order valence-corrected chi connectivity index (χ1v) is 7.97. The molecule has 0 unspecified atom stereocenters. The normalized spacial score (nSPS) is 11.4. The molecule has 0 radical (unpaired) electrons. The Bertz CT molecular complexity index is 500. The highest BCUT2D eigenvalue weighted by atomic mass is 32.1. The fourth-order valence-corrected chi connectivity index (χ4v) is 2.79. The number of aryl methyl sites for hydroxylation is 1. The fourth-order valence-electron chi connectivity index (χ4n) is 1.93. The van der Waals surface area contributed by atoms with Crippen molar-refractivity contribution in [3.63, 3.8) is 0 Å². The average Bonchev–Trinajstić information content (AvgIpc) is 3.11. The maximum absolute atomic E-state index is 5.50. The van der Waals surface area contributed by atoms with Crippen LogP contribution in [-0.4, -0.2) is 6.61 Å². The average molecular weight is 276 g/mol. The van der Waals surface area contributed by atoms with Crippen LogP contribution in [0.5, 0.6) is 5.75 Å². The van der Waals surface area contributed by atoms with Crippen LogP contribution in [0.2, 0.25) is 0 Å². The number of hydrogen-bond acceptors (Lipinski definition) is 2. The van der Waals surface area contributed by atoms with Gasteiger partial charge >= 0.3 is 0 Å². The van der Waals surface area contributed by atoms with E-state index in [1.54, 1.807) is 0 Å². The molecule has 2 heterocycles. The van der Waals surface area contributed by atoms with Gasteiger partial charge in [-0.15, -0.1) is 11.3 Å². The van der Waals surface area contributed by atoms with E-state index in [0.29, 0.717) is 0 Å². The molecule has 0 amide bonds. The predicted octanol–water partition coefficient (Wildman–Crippen LogP) is 5.71. The molecule has 0 saturated carbocycles. The van der Waals surface area contributed by atoms with Crippen LogP contribution in [0.1, 0.15) is 38.1 Å². The topological polar surface area (TPSA) is 9.23 Å². The third kappa shape index (κ3) is 3.84. The van der Waals surface area contributed by atoms with Crippen molar-refractivity contribution >= 4 is 11.3 Å². The molecule has 1 aromatic heterocycles. The molecule has 2 heteroatoms. The van der Waals surface area contributed by atoms with Gasteiger partial charge in [0.1, 0.15) is 5.75 Å². The van der Waals surface area contributed by atoms with Crippen LogP contribution in [0.15, 0.2) is 30.3 Å². The Balaban J connectivity index is 0.000000415. The summed E-state index contributed by atoms with van der Waals surface area (Å²) in [5.41, 5.74) is 2.66. The number of benzene rings is 1. The lowest BCUT2D eigenvalue weighted by molar-refractivity contribution is 0.357. The van der Waals surface area contributed by atoms with Crippen LogP contribution in [0.3, 0.4) is 0 Å². The maximum Gasteiger partial charge on any atom is 0.122 e. The minimum Gasteiger partial charge on any atom is -0.493 e. The van der Waals surface area contributed by atoms with E-state index in [-0.39, 0.29) is 0 Å². The van der Waals surface area contributed by atoms with Crippen molar-refractivity contribution in [2.24, 2.45) is 0 Å². The van der Waals surface area contributed by atoms with Gasteiger partial charge in [-0.05, 0) is 48.4 Å². The van der Waals surface area contributed by atoms with E-state index < -0.39 is 0 Å². The molecule has 0 spiro atoms. The zero-order valence-electron chi connectivity index (χ0n) is 12.6. The van der Waals surface area contributed by atoms with Crippen LogP contribution in [0.4, 0.5) is 0 Å². The Kier molecular flexibility index (Phi) is 6.65. The van der Waals surface area contributed by atoms with Gasteiger partial charge in [-0.1, -0.05) is 27.7 Å². The van der Waals surface area contributed by atoms with Crippen molar-refractivity contribution in [3.05, 3.63) is 40.8 Å². The zero-order valence-corrected chi connectivity index (χ0v) is 13.4. The Labute approximate surface area is 121 Å². The predicted molar refractivity (Wildman–Crippen MR) is 86.4 cm³/mol. The lowest BCUT2D eigenvalue weighted by Crippen LogP contribution is -1.85. The van der Waals surface area contributed by atoms with Crippen molar-refractivity contribution in [2.75, 3.05) is 6.61 Å². The molecule has 0 atom stereocenters. The molecule has 19 heavy (non-hydrogen) atoms. The summed E-state index contributed by atoms with van der Waals surface area (Å²) in [4.78, 5) is 2.71. The number of thiophene rings is 1. The number of rotatable bonds is 1. The van der Waals surface area contributed by atoms with Crippen molar-refractivity contribution in [1.29, 1.82) is 0 Å². The van der Waals surface area contributed by atoms with Gasteiger partial charge in [-0.25, -0.2) is 0 Å². The second-order valence-electron chi connectivity index (χ2n) is 3.83. The van der Waals surface area contributed by atoms with E-state index in [2.05, 4.69) is 37.3 Å². The molecular weight excluding hydrogens is 252 g/mol. The molecule has 1 nitrogen and oxygen atoms in total. The first-order valence-electron chi connectivity index (χ1n) is 7.15. The monoisotopic (exact) mass is 276 g/mol. The van der Waals surface area contributed by atoms with E-state index in [0.717, 1.165) is 18.8 Å². The van der Waals surface area contributed by atoms with Crippen LogP contribution in [0.25, 0.3) is 10.4 Å². The molecule has 1 aliphatic heterocycles. The van der Waals surface area contributed by atoms with E-state index in [1.807, 2.05) is 39.0 Å². The standard InChI is InChI=1S/C13H12OS.2C2H6/c1-9-2-5-13(15-9)11-3-4-12-10(8-11)6-7-14-12;2*1-2/h2-5,8H,6-7H2,1H3;2*1-2H3. The Morgan fingerprint density at radius 1 is 1.00 bits per heavy atom. The Hall–Kier alpha value is -1.28. The summed E-state index contributed by atoms with van der Waals surface area (Å²) in [6.45, 7) is 11.0. The summed E-state index contributed by atoms with van der Waals surface area (Å²) in [5.74, 6) is 1.06. The number of hydrogen-bond donors (Lipinski definition) is 0. The van der Waals surface area contributed by atoms with Gasteiger partial charge in [0.05, 0.1) is 6.61 Å². The van der Waals surface area contributed by atoms with Crippen molar-refractivity contribution in [3.8, 4) is 16.2 Å². The molecule has 1 aliphatic rings. The van der Waals surface area contributed by atoms with Gasteiger partial charge in [0.2, 0.25) is 0 Å². The Morgan fingerprint density at radius 2 is 1.74 bits per heavy atom. The third-order valence-corrected chi connectivity index (χ3v) is 3.76. The smallest absolute Gasteiger partial charge is 0.122 e. The molecule has 0 aliphatic carbocycles. The quantitative estimate of drug-likeness (QED) is 0.648. The summed E-state index contributed by atoms with van der Waals surface area (Å²) in [6, 6.07) is 10.9. The van der Waals surface area contributed by atoms with Gasteiger partial charge < -0.3 is 4.74 Å². The first-order chi connectivity index (χ1) is 9.33. The minimum absolute atomic E-state index is 0.836. The fraction of sp³-hybridized carbons (Fsp3) is 0.412. The van der Waals surface area contributed by atoms with E-state index in [9.17, 15) is 0 Å². The maximum atomic E-state index is 5.50. The van der Waals surface area contributed by atoms with Gasteiger partial charge in [0.15, 0.2) is 0 Å². The van der Waals surface area contributed by atoms with E-state index in [4.69, 9.17) is 4.74 Å². The van der Waals surface area contributed by atoms with Crippen molar-refractivity contribution in [1.82, 2.24) is 0 Å². The summed E-state index contributed by atoms with van der Waals surface area (Å²) in [6.07, 6.45) is 1.05. The van der Waals surface area contributed by atoms with Gasteiger partial charge in [0, 0.05) is 16.2 Å². The summed E-state index contributed by atoms with van der Waals surface area (Å²) in [7, 11) is 0. The number of ether oxygens (including phenoxy) is 1. The number of fused-ring (bicyclic) bond motifs is 1. The second kappa shape index (κ2) is 8.00. The van der Waals surface area contributed by atoms with Gasteiger partial charge in [0.25, 0.3) is 0 Å². The first kappa shape index (κ1) is 15.8. The molecule has 0 N–H and O–H groups in total. The molecule has 0 fully saturated rings. The zero-order chi connectivity index (χ0) is 14.3. The van der Waals surface area contributed by atoms with Crippen LogP contribution in [-0.2, 0) is 6.42 Å². The largest absolute Gasteiger partial charge is 0.493 e. The minimum atomic E-state index is 0.836. The van der Waals surface area contributed by atoms with E-state index >= 15 is 0 Å². The highest BCUT2D eigenvalue weighted by Gasteiger charge is 2.12. The molecule has 0 saturated heterocycles. The van der Waals surface area contributed by atoms with Crippen molar-refractivity contribution < 1.29 is 4.74 Å². The lowest BCUT2D eigenvalue weighted by atomic mass is 10.1. The summed E-state index contributed by atoms with van der Waals surface area (Å²) in [5, 5.41) is 0.